The molecule has 0 bridgehead atoms. The van der Waals surface area contributed by atoms with Gasteiger partial charge in [0.25, 0.3) is 5.91 Å². The van der Waals surface area contributed by atoms with Crippen molar-refractivity contribution in [3.63, 3.8) is 0 Å². The van der Waals surface area contributed by atoms with E-state index in [1.165, 1.54) is 0 Å². The van der Waals surface area contributed by atoms with Crippen LogP contribution in [0.3, 0.4) is 0 Å². The van der Waals surface area contributed by atoms with Crippen LogP contribution in [-0.2, 0) is 9.59 Å². The van der Waals surface area contributed by atoms with Gasteiger partial charge in [0.2, 0.25) is 5.91 Å². The van der Waals surface area contributed by atoms with E-state index in [2.05, 4.69) is 20.7 Å². The van der Waals surface area contributed by atoms with Crippen LogP contribution in [-0.4, -0.2) is 46.5 Å². The van der Waals surface area contributed by atoms with E-state index < -0.39 is 0 Å². The zero-order valence-corrected chi connectivity index (χ0v) is 13.5. The van der Waals surface area contributed by atoms with Crippen molar-refractivity contribution in [1.82, 2.24) is 19.9 Å². The number of anilines is 2. The molecule has 0 radical (unpaired) electrons. The second-order valence-electron chi connectivity index (χ2n) is 6.37. The van der Waals surface area contributed by atoms with Crippen molar-refractivity contribution in [3.05, 3.63) is 23.4 Å². The van der Waals surface area contributed by atoms with E-state index in [9.17, 15) is 9.59 Å². The molecule has 2 aliphatic rings. The van der Waals surface area contributed by atoms with Crippen LogP contribution in [0.1, 0.15) is 24.8 Å². The third kappa shape index (κ3) is 2.60. The normalized spacial score (nSPS) is 19.2. The topological polar surface area (TPSA) is 91.6 Å². The molecule has 0 atom stereocenters. The van der Waals surface area contributed by atoms with Crippen LogP contribution in [0.15, 0.2) is 17.8 Å². The molecule has 0 aromatic carbocycles. The standard InChI is InChI=1S/C16H18N6O2/c1-21(2)12-7-13(18-11-3-4-11)22-15(19-12)10(8-17-22)5-9-6-14(23)20-16(9)24/h5,7-8,11,18H,3-4,6H2,1-2H3,(H,20,23,24)/b9-5+. The summed E-state index contributed by atoms with van der Waals surface area (Å²) in [5.41, 5.74) is 1.81. The van der Waals surface area contributed by atoms with Gasteiger partial charge in [-0.3, -0.25) is 14.9 Å². The first-order valence-corrected chi connectivity index (χ1v) is 7.88. The first kappa shape index (κ1) is 14.7. The molecule has 8 nitrogen and oxygen atoms in total. The molecule has 3 heterocycles. The van der Waals surface area contributed by atoms with Crippen LogP contribution in [0, 0.1) is 0 Å². The van der Waals surface area contributed by atoms with E-state index in [1.54, 1.807) is 16.8 Å². The number of rotatable bonds is 4. The molecule has 2 aromatic heterocycles. The molecule has 2 aromatic rings. The predicted molar refractivity (Wildman–Crippen MR) is 89.7 cm³/mol. The third-order valence-corrected chi connectivity index (χ3v) is 4.10. The van der Waals surface area contributed by atoms with Crippen LogP contribution >= 0.6 is 0 Å². The van der Waals surface area contributed by atoms with Crippen molar-refractivity contribution in [3.8, 4) is 0 Å². The van der Waals surface area contributed by atoms with E-state index in [0.29, 0.717) is 17.3 Å². The number of amides is 2. The van der Waals surface area contributed by atoms with Crippen molar-refractivity contribution in [2.75, 3.05) is 24.3 Å². The summed E-state index contributed by atoms with van der Waals surface area (Å²) in [6.07, 6.45) is 5.76. The van der Waals surface area contributed by atoms with Crippen molar-refractivity contribution < 1.29 is 9.59 Å². The van der Waals surface area contributed by atoms with Gasteiger partial charge in [-0.05, 0) is 18.9 Å². The van der Waals surface area contributed by atoms with Crippen LogP contribution < -0.4 is 15.5 Å². The zero-order chi connectivity index (χ0) is 16.8. The monoisotopic (exact) mass is 326 g/mol. The molecule has 1 saturated carbocycles. The van der Waals surface area contributed by atoms with Gasteiger partial charge in [0.15, 0.2) is 5.65 Å². The molecule has 24 heavy (non-hydrogen) atoms. The minimum Gasteiger partial charge on any atom is -0.367 e. The zero-order valence-electron chi connectivity index (χ0n) is 13.5. The number of aromatic nitrogens is 3. The molecule has 1 saturated heterocycles. The lowest BCUT2D eigenvalue weighted by molar-refractivity contribution is -0.124. The Morgan fingerprint density at radius 2 is 2.17 bits per heavy atom. The van der Waals surface area contributed by atoms with Gasteiger partial charge in [-0.15, -0.1) is 0 Å². The van der Waals surface area contributed by atoms with E-state index in [-0.39, 0.29) is 18.2 Å². The molecule has 2 amide bonds. The Labute approximate surface area is 138 Å². The van der Waals surface area contributed by atoms with Crippen molar-refractivity contribution in [1.29, 1.82) is 0 Å². The summed E-state index contributed by atoms with van der Waals surface area (Å²) in [5.74, 6) is 1.06. The van der Waals surface area contributed by atoms with Crippen LogP contribution in [0.2, 0.25) is 0 Å². The minimum atomic E-state index is -0.348. The second-order valence-corrected chi connectivity index (χ2v) is 6.37. The molecule has 1 aliphatic heterocycles. The maximum Gasteiger partial charge on any atom is 0.254 e. The molecule has 2 N–H and O–H groups in total. The number of hydrogen-bond acceptors (Lipinski definition) is 6. The number of nitrogens with one attached hydrogen (secondary N) is 2. The Morgan fingerprint density at radius 3 is 2.79 bits per heavy atom. The fourth-order valence-corrected chi connectivity index (χ4v) is 2.65. The smallest absolute Gasteiger partial charge is 0.254 e. The molecular weight excluding hydrogens is 308 g/mol. The number of carbonyl (C=O) groups is 2. The maximum atomic E-state index is 11.8. The third-order valence-electron chi connectivity index (χ3n) is 4.10. The average molecular weight is 326 g/mol. The highest BCUT2D eigenvalue weighted by Crippen LogP contribution is 2.28. The fourth-order valence-electron chi connectivity index (χ4n) is 2.65. The molecule has 2 fully saturated rings. The highest BCUT2D eigenvalue weighted by Gasteiger charge is 2.25. The quantitative estimate of drug-likeness (QED) is 0.638. The second kappa shape index (κ2) is 5.33. The molecule has 0 spiro atoms. The Bertz CT molecular complexity index is 878. The number of imide groups is 1. The van der Waals surface area contributed by atoms with E-state index in [0.717, 1.165) is 30.0 Å². The maximum absolute atomic E-state index is 11.8. The number of nitrogens with zero attached hydrogens (tertiary/aromatic N) is 4. The Balaban J connectivity index is 1.82. The first-order valence-electron chi connectivity index (χ1n) is 7.88. The first-order chi connectivity index (χ1) is 11.5. The summed E-state index contributed by atoms with van der Waals surface area (Å²) >= 11 is 0. The summed E-state index contributed by atoms with van der Waals surface area (Å²) in [4.78, 5) is 29.7. The van der Waals surface area contributed by atoms with Crippen LogP contribution in [0.25, 0.3) is 11.7 Å². The summed E-state index contributed by atoms with van der Waals surface area (Å²) < 4.78 is 1.74. The van der Waals surface area contributed by atoms with Crippen molar-refractivity contribution in [2.45, 2.75) is 25.3 Å². The Morgan fingerprint density at radius 1 is 1.38 bits per heavy atom. The van der Waals surface area contributed by atoms with Gasteiger partial charge in [-0.1, -0.05) is 0 Å². The summed E-state index contributed by atoms with van der Waals surface area (Å²) in [6.45, 7) is 0. The molecule has 124 valence electrons. The average Bonchev–Trinajstić information content (AvgIpc) is 3.16. The molecule has 1 aliphatic carbocycles. The van der Waals surface area contributed by atoms with E-state index >= 15 is 0 Å². The lowest BCUT2D eigenvalue weighted by Gasteiger charge is -2.15. The molecular formula is C16H18N6O2. The molecule has 4 rings (SSSR count). The fraction of sp³-hybridized carbons (Fsp3) is 0.375. The van der Waals surface area contributed by atoms with Gasteiger partial charge in [-0.2, -0.15) is 9.61 Å². The van der Waals surface area contributed by atoms with Crippen molar-refractivity contribution >= 4 is 35.2 Å². The largest absolute Gasteiger partial charge is 0.367 e. The predicted octanol–water partition coefficient (Wildman–Crippen LogP) is 0.799. The minimum absolute atomic E-state index is 0.0940. The van der Waals surface area contributed by atoms with Crippen LogP contribution in [0.5, 0.6) is 0 Å². The highest BCUT2D eigenvalue weighted by atomic mass is 16.2. The lowest BCUT2D eigenvalue weighted by Crippen LogP contribution is -2.19. The van der Waals surface area contributed by atoms with Gasteiger partial charge in [0.1, 0.15) is 11.6 Å². The summed E-state index contributed by atoms with van der Waals surface area (Å²) in [6, 6.07) is 2.44. The molecule has 0 unspecified atom stereocenters. The van der Waals surface area contributed by atoms with Gasteiger partial charge in [0.05, 0.1) is 12.6 Å². The Hall–Kier alpha value is -2.90. The number of hydrogen-bond donors (Lipinski definition) is 2. The molecule has 8 heteroatoms. The lowest BCUT2D eigenvalue weighted by atomic mass is 10.1. The van der Waals surface area contributed by atoms with Gasteiger partial charge >= 0.3 is 0 Å². The number of fused-ring (bicyclic) bond motifs is 1. The van der Waals surface area contributed by atoms with Crippen LogP contribution in [0.4, 0.5) is 11.6 Å². The van der Waals surface area contributed by atoms with Crippen molar-refractivity contribution in [2.24, 2.45) is 0 Å². The number of carbonyl (C=O) groups excluding carboxylic acids is 2. The summed E-state index contributed by atoms with van der Waals surface area (Å²) in [7, 11) is 3.86. The Kier molecular flexibility index (Phi) is 3.26. The summed E-state index contributed by atoms with van der Waals surface area (Å²) in [5, 5.41) is 10.1. The van der Waals surface area contributed by atoms with E-state index in [1.807, 2.05) is 25.1 Å². The van der Waals surface area contributed by atoms with Gasteiger partial charge in [-0.25, -0.2) is 4.98 Å². The van der Waals surface area contributed by atoms with E-state index in [4.69, 9.17) is 0 Å². The van der Waals surface area contributed by atoms with Gasteiger partial charge in [0, 0.05) is 37.3 Å². The SMILES string of the molecule is CN(C)c1cc(NC2CC2)n2ncc(/C=C3\CC(=O)NC3=O)c2n1. The highest BCUT2D eigenvalue weighted by molar-refractivity contribution is 6.15. The van der Waals surface area contributed by atoms with Gasteiger partial charge < -0.3 is 10.2 Å².